The molecule has 0 bridgehead atoms. The fraction of sp³-hybridized carbons (Fsp3) is 0.353. The van der Waals surface area contributed by atoms with Crippen molar-refractivity contribution in [3.05, 3.63) is 40.7 Å². The van der Waals surface area contributed by atoms with Crippen LogP contribution < -0.4 is 10.6 Å². The van der Waals surface area contributed by atoms with E-state index in [-0.39, 0.29) is 17.9 Å². The van der Waals surface area contributed by atoms with Gasteiger partial charge in [0, 0.05) is 17.0 Å². The number of aromatic nitrogens is 1. The van der Waals surface area contributed by atoms with Crippen molar-refractivity contribution in [3.8, 4) is 0 Å². The van der Waals surface area contributed by atoms with E-state index in [1.165, 1.54) is 11.3 Å². The SMILES string of the molecule is O=C(Nc1ccccc1)Nc1csc(C2CCCC(C(=O)O)C2)n1. The van der Waals surface area contributed by atoms with E-state index in [1.807, 2.05) is 18.2 Å². The molecule has 2 aromatic rings. The van der Waals surface area contributed by atoms with Crippen molar-refractivity contribution in [3.63, 3.8) is 0 Å². The molecule has 1 aromatic heterocycles. The second-order valence-corrected chi connectivity index (χ2v) is 6.80. The van der Waals surface area contributed by atoms with E-state index in [9.17, 15) is 14.7 Å². The molecule has 0 aliphatic heterocycles. The van der Waals surface area contributed by atoms with Crippen LogP contribution in [-0.4, -0.2) is 22.1 Å². The summed E-state index contributed by atoms with van der Waals surface area (Å²) in [5.41, 5.74) is 0.710. The fourth-order valence-electron chi connectivity index (χ4n) is 2.97. The van der Waals surface area contributed by atoms with Crippen molar-refractivity contribution in [2.75, 3.05) is 10.6 Å². The lowest BCUT2D eigenvalue weighted by Gasteiger charge is -2.24. The Bertz CT molecular complexity index is 717. The highest BCUT2D eigenvalue weighted by molar-refractivity contribution is 7.10. The molecule has 0 radical (unpaired) electrons. The summed E-state index contributed by atoms with van der Waals surface area (Å²) in [6.45, 7) is 0. The van der Waals surface area contributed by atoms with Crippen molar-refractivity contribution in [1.29, 1.82) is 0 Å². The number of carboxylic acids is 1. The zero-order chi connectivity index (χ0) is 16.9. The monoisotopic (exact) mass is 345 g/mol. The number of para-hydroxylation sites is 1. The van der Waals surface area contributed by atoms with Gasteiger partial charge in [-0.3, -0.25) is 10.1 Å². The van der Waals surface area contributed by atoms with Gasteiger partial charge in [-0.2, -0.15) is 0 Å². The van der Waals surface area contributed by atoms with Gasteiger partial charge < -0.3 is 10.4 Å². The van der Waals surface area contributed by atoms with Crippen LogP contribution in [0.1, 0.15) is 36.6 Å². The van der Waals surface area contributed by atoms with Gasteiger partial charge in [0.1, 0.15) is 5.82 Å². The maximum atomic E-state index is 12.0. The zero-order valence-electron chi connectivity index (χ0n) is 13.1. The molecular weight excluding hydrogens is 326 g/mol. The van der Waals surface area contributed by atoms with Crippen LogP contribution in [-0.2, 0) is 4.79 Å². The number of carbonyl (C=O) groups is 2. The first-order valence-electron chi connectivity index (χ1n) is 7.93. The highest BCUT2D eigenvalue weighted by Crippen LogP contribution is 2.38. The summed E-state index contributed by atoms with van der Waals surface area (Å²) in [5.74, 6) is -0.347. The van der Waals surface area contributed by atoms with Crippen LogP contribution in [0.5, 0.6) is 0 Å². The Morgan fingerprint density at radius 1 is 1.17 bits per heavy atom. The Hall–Kier alpha value is -2.41. The number of urea groups is 1. The van der Waals surface area contributed by atoms with Crippen molar-refractivity contribution < 1.29 is 14.7 Å². The summed E-state index contributed by atoms with van der Waals surface area (Å²) in [4.78, 5) is 27.6. The van der Waals surface area contributed by atoms with Gasteiger partial charge in [0.05, 0.1) is 10.9 Å². The molecule has 2 unspecified atom stereocenters. The Morgan fingerprint density at radius 2 is 1.96 bits per heavy atom. The Morgan fingerprint density at radius 3 is 2.71 bits per heavy atom. The smallest absolute Gasteiger partial charge is 0.324 e. The summed E-state index contributed by atoms with van der Waals surface area (Å²) < 4.78 is 0. The molecule has 1 fully saturated rings. The molecule has 2 amide bonds. The second-order valence-electron chi connectivity index (χ2n) is 5.91. The molecule has 3 N–H and O–H groups in total. The van der Waals surface area contributed by atoms with E-state index in [0.29, 0.717) is 17.9 Å². The average Bonchev–Trinajstić information content (AvgIpc) is 3.04. The Balaban J connectivity index is 1.59. The van der Waals surface area contributed by atoms with E-state index in [1.54, 1.807) is 17.5 Å². The molecule has 0 spiro atoms. The number of hydrogen-bond acceptors (Lipinski definition) is 4. The molecule has 1 aliphatic carbocycles. The molecule has 24 heavy (non-hydrogen) atoms. The molecule has 126 valence electrons. The van der Waals surface area contributed by atoms with Gasteiger partial charge >= 0.3 is 12.0 Å². The molecule has 0 saturated heterocycles. The summed E-state index contributed by atoms with van der Waals surface area (Å²) in [7, 11) is 0. The highest BCUT2D eigenvalue weighted by Gasteiger charge is 2.29. The summed E-state index contributed by atoms with van der Waals surface area (Å²) in [6.07, 6.45) is 3.21. The molecule has 1 saturated carbocycles. The van der Waals surface area contributed by atoms with Gasteiger partial charge in [-0.05, 0) is 31.4 Å². The quantitative estimate of drug-likeness (QED) is 0.776. The molecule has 1 aliphatic rings. The lowest BCUT2D eigenvalue weighted by atomic mass is 9.82. The van der Waals surface area contributed by atoms with Gasteiger partial charge in [0.15, 0.2) is 0 Å². The first kappa shape index (κ1) is 16.4. The van der Waals surface area contributed by atoms with E-state index in [4.69, 9.17) is 0 Å². The molecule has 1 heterocycles. The Kier molecular flexibility index (Phi) is 5.10. The normalized spacial score (nSPS) is 20.3. The highest BCUT2D eigenvalue weighted by atomic mass is 32.1. The number of hydrogen-bond donors (Lipinski definition) is 3. The van der Waals surface area contributed by atoms with Crippen molar-refractivity contribution in [2.24, 2.45) is 5.92 Å². The van der Waals surface area contributed by atoms with Crippen molar-refractivity contribution in [2.45, 2.75) is 31.6 Å². The topological polar surface area (TPSA) is 91.3 Å². The number of carbonyl (C=O) groups excluding carboxylic acids is 1. The number of nitrogens with zero attached hydrogens (tertiary/aromatic N) is 1. The second kappa shape index (κ2) is 7.44. The molecule has 1 aromatic carbocycles. The largest absolute Gasteiger partial charge is 0.481 e. The van der Waals surface area contributed by atoms with Gasteiger partial charge in [-0.25, -0.2) is 9.78 Å². The van der Waals surface area contributed by atoms with Crippen LogP contribution in [0.25, 0.3) is 0 Å². The standard InChI is InChI=1S/C17H19N3O3S/c21-16(22)12-6-4-5-11(9-12)15-19-14(10-24-15)20-17(23)18-13-7-2-1-3-8-13/h1-3,7-8,10-12H,4-6,9H2,(H,21,22)(H2,18,20,23). The molecule has 6 nitrogen and oxygen atoms in total. The molecule has 2 atom stereocenters. The minimum absolute atomic E-state index is 0.164. The lowest BCUT2D eigenvalue weighted by molar-refractivity contribution is -0.142. The van der Waals surface area contributed by atoms with Crippen molar-refractivity contribution >= 4 is 34.8 Å². The third-order valence-electron chi connectivity index (χ3n) is 4.17. The number of carboxylic acid groups (broad SMARTS) is 1. The fourth-order valence-corrected chi connectivity index (χ4v) is 3.87. The number of nitrogens with one attached hydrogen (secondary N) is 2. The predicted molar refractivity (Wildman–Crippen MR) is 93.5 cm³/mol. The van der Waals surface area contributed by atoms with Crippen molar-refractivity contribution in [1.82, 2.24) is 4.98 Å². The predicted octanol–water partition coefficient (Wildman–Crippen LogP) is 4.15. The number of aliphatic carboxylic acids is 1. The maximum Gasteiger partial charge on any atom is 0.324 e. The van der Waals surface area contributed by atoms with Crippen LogP contribution in [0.15, 0.2) is 35.7 Å². The number of thiazole rings is 1. The first-order valence-corrected chi connectivity index (χ1v) is 8.81. The van der Waals surface area contributed by atoms with E-state index < -0.39 is 5.97 Å². The average molecular weight is 345 g/mol. The zero-order valence-corrected chi connectivity index (χ0v) is 13.9. The van der Waals surface area contributed by atoms with Crippen LogP contribution in [0.4, 0.5) is 16.3 Å². The number of rotatable bonds is 4. The minimum atomic E-state index is -0.725. The third-order valence-corrected chi connectivity index (χ3v) is 5.18. The number of amides is 2. The van der Waals surface area contributed by atoms with Gasteiger partial charge in [-0.15, -0.1) is 11.3 Å². The Labute approximate surface area is 143 Å². The first-order chi connectivity index (χ1) is 11.6. The summed E-state index contributed by atoms with van der Waals surface area (Å²) in [5, 5.41) is 17.3. The number of benzene rings is 1. The van der Waals surface area contributed by atoms with E-state index >= 15 is 0 Å². The molecule has 7 heteroatoms. The summed E-state index contributed by atoms with van der Waals surface area (Å²) in [6, 6.07) is 8.84. The van der Waals surface area contributed by atoms with E-state index in [0.717, 1.165) is 24.3 Å². The van der Waals surface area contributed by atoms with Crippen LogP contribution in [0.2, 0.25) is 0 Å². The molecular formula is C17H19N3O3S. The van der Waals surface area contributed by atoms with Gasteiger partial charge in [0.25, 0.3) is 0 Å². The number of anilines is 2. The van der Waals surface area contributed by atoms with Crippen LogP contribution in [0, 0.1) is 5.92 Å². The van der Waals surface area contributed by atoms with Crippen LogP contribution >= 0.6 is 11.3 Å². The van der Waals surface area contributed by atoms with Gasteiger partial charge in [-0.1, -0.05) is 24.6 Å². The van der Waals surface area contributed by atoms with Gasteiger partial charge in [0.2, 0.25) is 0 Å². The maximum absolute atomic E-state index is 12.0. The van der Waals surface area contributed by atoms with Crippen LogP contribution in [0.3, 0.4) is 0 Å². The van der Waals surface area contributed by atoms with E-state index in [2.05, 4.69) is 15.6 Å². The molecule has 3 rings (SSSR count). The third kappa shape index (κ3) is 4.11. The lowest BCUT2D eigenvalue weighted by Crippen LogP contribution is -2.22. The summed E-state index contributed by atoms with van der Waals surface area (Å²) >= 11 is 1.47. The minimum Gasteiger partial charge on any atom is -0.481 e.